The lowest BCUT2D eigenvalue weighted by atomic mass is 9.94. The van der Waals surface area contributed by atoms with Crippen LogP contribution in [0.5, 0.6) is 5.75 Å². The number of hydrogen-bond donors (Lipinski definition) is 3. The van der Waals surface area contributed by atoms with Crippen molar-refractivity contribution >= 4 is 5.97 Å². The van der Waals surface area contributed by atoms with Crippen molar-refractivity contribution in [2.24, 2.45) is 0 Å². The molecule has 0 heterocycles. The molecule has 0 aliphatic carbocycles. The van der Waals surface area contributed by atoms with Gasteiger partial charge in [-0.05, 0) is 26.5 Å². The smallest absolute Gasteiger partial charge is 0.323 e. The summed E-state index contributed by atoms with van der Waals surface area (Å²) < 4.78 is 5.77. The number of rotatable bonds is 8. The van der Waals surface area contributed by atoms with Gasteiger partial charge < -0.3 is 20.3 Å². The molecule has 0 bridgehead atoms. The second kappa shape index (κ2) is 7.26. The molecule has 0 fully saturated rings. The summed E-state index contributed by atoms with van der Waals surface area (Å²) in [5.41, 5.74) is -0.331. The van der Waals surface area contributed by atoms with E-state index >= 15 is 0 Å². The number of para-hydroxylation sites is 1. The molecule has 5 nitrogen and oxygen atoms in total. The molecule has 3 N–H and O–H groups in total. The molecule has 0 amide bonds. The molecule has 1 aromatic rings. The van der Waals surface area contributed by atoms with Gasteiger partial charge in [-0.25, -0.2) is 0 Å². The van der Waals surface area contributed by atoms with Gasteiger partial charge in [-0.1, -0.05) is 25.1 Å². The van der Waals surface area contributed by atoms with E-state index in [2.05, 4.69) is 5.32 Å². The lowest BCUT2D eigenvalue weighted by molar-refractivity contribution is -0.145. The summed E-state index contributed by atoms with van der Waals surface area (Å²) >= 11 is 0. The Morgan fingerprint density at radius 3 is 2.65 bits per heavy atom. The summed E-state index contributed by atoms with van der Waals surface area (Å²) in [4.78, 5) is 11.4. The maximum absolute atomic E-state index is 11.4. The Balaban J connectivity index is 2.75. The van der Waals surface area contributed by atoms with Gasteiger partial charge in [0.25, 0.3) is 0 Å². The molecule has 0 spiro atoms. The predicted octanol–water partition coefficient (Wildman–Crippen LogP) is 1.79. The standard InChI is InChI=1S/C15H23NO4/c1-4-16-15(3,14(18)19)9-11(2)20-13-8-6-5-7-12(13)10-17/h5-8,11,16-17H,4,9-10H2,1-3H3,(H,18,19). The van der Waals surface area contributed by atoms with Gasteiger partial charge >= 0.3 is 5.97 Å². The highest BCUT2D eigenvalue weighted by Gasteiger charge is 2.34. The molecule has 0 saturated carbocycles. The van der Waals surface area contributed by atoms with E-state index in [9.17, 15) is 15.0 Å². The largest absolute Gasteiger partial charge is 0.490 e. The molecule has 5 heteroatoms. The minimum atomic E-state index is -1.03. The number of carboxylic acids is 1. The number of aliphatic hydroxyl groups excluding tert-OH is 1. The number of nitrogens with one attached hydrogen (secondary N) is 1. The Bertz CT molecular complexity index is 449. The summed E-state index contributed by atoms with van der Waals surface area (Å²) in [6.07, 6.45) is 0.0403. The first-order valence-electron chi connectivity index (χ1n) is 6.76. The summed E-state index contributed by atoms with van der Waals surface area (Å²) in [6, 6.07) is 7.20. The van der Waals surface area contributed by atoms with Gasteiger partial charge in [0, 0.05) is 12.0 Å². The minimum Gasteiger partial charge on any atom is -0.490 e. The molecule has 0 aliphatic heterocycles. The third-order valence-electron chi connectivity index (χ3n) is 3.21. The van der Waals surface area contributed by atoms with Gasteiger partial charge in [0.05, 0.1) is 12.7 Å². The fourth-order valence-electron chi connectivity index (χ4n) is 2.21. The summed E-state index contributed by atoms with van der Waals surface area (Å²) in [5.74, 6) is -0.308. The van der Waals surface area contributed by atoms with Crippen LogP contribution < -0.4 is 10.1 Å². The number of carboxylic acid groups (broad SMARTS) is 1. The average molecular weight is 281 g/mol. The van der Waals surface area contributed by atoms with Crippen LogP contribution in [0.3, 0.4) is 0 Å². The first-order valence-corrected chi connectivity index (χ1v) is 6.76. The molecule has 0 radical (unpaired) electrons. The molecule has 0 aliphatic rings. The highest BCUT2D eigenvalue weighted by atomic mass is 16.5. The van der Waals surface area contributed by atoms with Crippen molar-refractivity contribution in [1.82, 2.24) is 5.32 Å². The van der Waals surface area contributed by atoms with Crippen molar-refractivity contribution < 1.29 is 19.7 Å². The molecule has 1 rings (SSSR count). The molecule has 1 aromatic carbocycles. The lowest BCUT2D eigenvalue weighted by Crippen LogP contribution is -2.51. The van der Waals surface area contributed by atoms with Gasteiger partial charge in [-0.15, -0.1) is 0 Å². The maximum atomic E-state index is 11.4. The normalized spacial score (nSPS) is 15.4. The summed E-state index contributed by atoms with van der Waals surface area (Å²) in [5, 5.41) is 21.5. The fraction of sp³-hybridized carbons (Fsp3) is 0.533. The summed E-state index contributed by atoms with van der Waals surface area (Å²) in [7, 11) is 0. The molecule has 20 heavy (non-hydrogen) atoms. The predicted molar refractivity (Wildman–Crippen MR) is 76.8 cm³/mol. The van der Waals surface area contributed by atoms with Crippen LogP contribution in [-0.2, 0) is 11.4 Å². The Labute approximate surface area is 119 Å². The number of aliphatic hydroxyl groups is 1. The Kier molecular flexibility index (Phi) is 5.98. The van der Waals surface area contributed by atoms with Crippen LogP contribution in [0.4, 0.5) is 0 Å². The van der Waals surface area contributed by atoms with Gasteiger partial charge in [-0.3, -0.25) is 4.79 Å². The van der Waals surface area contributed by atoms with Crippen LogP contribution in [-0.4, -0.2) is 34.4 Å². The number of likely N-dealkylation sites (N-methyl/N-ethyl adjacent to an activating group) is 1. The monoisotopic (exact) mass is 281 g/mol. The van der Waals surface area contributed by atoms with Crippen LogP contribution in [0, 0.1) is 0 Å². The first kappa shape index (κ1) is 16.5. The molecule has 0 saturated heterocycles. The fourth-order valence-corrected chi connectivity index (χ4v) is 2.21. The van der Waals surface area contributed by atoms with E-state index in [0.29, 0.717) is 24.3 Å². The highest BCUT2D eigenvalue weighted by Crippen LogP contribution is 2.22. The van der Waals surface area contributed by atoms with Gasteiger partial charge in [0.2, 0.25) is 0 Å². The van der Waals surface area contributed by atoms with E-state index < -0.39 is 11.5 Å². The number of hydrogen-bond acceptors (Lipinski definition) is 4. The van der Waals surface area contributed by atoms with E-state index in [1.807, 2.05) is 26.0 Å². The zero-order valence-corrected chi connectivity index (χ0v) is 12.2. The van der Waals surface area contributed by atoms with E-state index in [-0.39, 0.29) is 12.7 Å². The topological polar surface area (TPSA) is 78.8 Å². The van der Waals surface area contributed by atoms with Crippen molar-refractivity contribution in [2.45, 2.75) is 45.4 Å². The van der Waals surface area contributed by atoms with Crippen molar-refractivity contribution in [3.05, 3.63) is 29.8 Å². The Morgan fingerprint density at radius 1 is 1.45 bits per heavy atom. The second-order valence-electron chi connectivity index (χ2n) is 5.07. The van der Waals surface area contributed by atoms with E-state index in [4.69, 9.17) is 4.74 Å². The Hall–Kier alpha value is -1.59. The summed E-state index contributed by atoms with van der Waals surface area (Å²) in [6.45, 7) is 5.81. The van der Waals surface area contributed by atoms with Crippen LogP contribution in [0.25, 0.3) is 0 Å². The number of aliphatic carboxylic acids is 1. The van der Waals surface area contributed by atoms with Crippen molar-refractivity contribution in [3.8, 4) is 5.75 Å². The van der Waals surface area contributed by atoms with E-state index in [1.165, 1.54) is 0 Å². The number of carbonyl (C=O) groups is 1. The lowest BCUT2D eigenvalue weighted by Gasteiger charge is -2.29. The molecule has 2 atom stereocenters. The number of benzene rings is 1. The second-order valence-corrected chi connectivity index (χ2v) is 5.07. The van der Waals surface area contributed by atoms with Crippen LogP contribution >= 0.6 is 0 Å². The van der Waals surface area contributed by atoms with Gasteiger partial charge in [-0.2, -0.15) is 0 Å². The molecular weight excluding hydrogens is 258 g/mol. The average Bonchev–Trinajstić information content (AvgIpc) is 2.39. The third-order valence-corrected chi connectivity index (χ3v) is 3.21. The van der Waals surface area contributed by atoms with Gasteiger partial charge in [0.15, 0.2) is 0 Å². The van der Waals surface area contributed by atoms with Gasteiger partial charge in [0.1, 0.15) is 11.3 Å². The van der Waals surface area contributed by atoms with Crippen LogP contribution in [0.1, 0.15) is 32.8 Å². The number of ether oxygens (including phenoxy) is 1. The molecule has 2 unspecified atom stereocenters. The van der Waals surface area contributed by atoms with E-state index in [0.717, 1.165) is 0 Å². The zero-order valence-electron chi connectivity index (χ0n) is 12.2. The zero-order chi connectivity index (χ0) is 15.2. The quantitative estimate of drug-likeness (QED) is 0.677. The maximum Gasteiger partial charge on any atom is 0.323 e. The van der Waals surface area contributed by atoms with Crippen LogP contribution in [0.2, 0.25) is 0 Å². The van der Waals surface area contributed by atoms with Crippen LogP contribution in [0.15, 0.2) is 24.3 Å². The van der Waals surface area contributed by atoms with Crippen molar-refractivity contribution in [1.29, 1.82) is 0 Å². The molecule has 0 aromatic heterocycles. The first-order chi connectivity index (χ1) is 9.42. The molecule has 112 valence electrons. The van der Waals surface area contributed by atoms with E-state index in [1.54, 1.807) is 19.1 Å². The SMILES string of the molecule is CCNC(C)(CC(C)Oc1ccccc1CO)C(=O)O. The third kappa shape index (κ3) is 4.21. The van der Waals surface area contributed by atoms with Crippen molar-refractivity contribution in [3.63, 3.8) is 0 Å². The minimum absolute atomic E-state index is 0.105. The Morgan fingerprint density at radius 2 is 2.10 bits per heavy atom. The van der Waals surface area contributed by atoms with Crippen molar-refractivity contribution in [2.75, 3.05) is 6.54 Å². The highest BCUT2D eigenvalue weighted by molar-refractivity contribution is 5.78. The molecular formula is C15H23NO4.